The maximum atomic E-state index is 12.0. The maximum absolute atomic E-state index is 12.0. The SMILES string of the molecule is COC(=O)C(CN=[N+]=[N-])C(F)(F)F. The van der Waals surface area contributed by atoms with Crippen LogP contribution in [0.2, 0.25) is 0 Å². The number of esters is 1. The van der Waals surface area contributed by atoms with E-state index in [-0.39, 0.29) is 0 Å². The number of rotatable bonds is 3. The Morgan fingerprint density at radius 3 is 2.54 bits per heavy atom. The summed E-state index contributed by atoms with van der Waals surface area (Å²) in [6, 6.07) is 0. The Labute approximate surface area is 71.1 Å². The second kappa shape index (κ2) is 4.56. The molecule has 8 heteroatoms. The first-order chi connectivity index (χ1) is 5.93. The van der Waals surface area contributed by atoms with E-state index >= 15 is 0 Å². The van der Waals surface area contributed by atoms with Gasteiger partial charge in [0.15, 0.2) is 5.92 Å². The van der Waals surface area contributed by atoms with Crippen LogP contribution in [0.5, 0.6) is 0 Å². The molecule has 74 valence electrons. The monoisotopic (exact) mass is 197 g/mol. The van der Waals surface area contributed by atoms with Crippen molar-refractivity contribution in [3.8, 4) is 0 Å². The molecule has 0 saturated heterocycles. The smallest absolute Gasteiger partial charge is 0.402 e. The van der Waals surface area contributed by atoms with Gasteiger partial charge in [0, 0.05) is 11.5 Å². The predicted molar refractivity (Wildman–Crippen MR) is 35.6 cm³/mol. The van der Waals surface area contributed by atoms with Crippen LogP contribution in [0.1, 0.15) is 0 Å². The van der Waals surface area contributed by atoms with E-state index < -0.39 is 24.6 Å². The molecule has 1 atom stereocenters. The second-order valence-corrected chi connectivity index (χ2v) is 2.03. The molecule has 0 N–H and O–H groups in total. The molecule has 0 aromatic carbocycles. The summed E-state index contributed by atoms with van der Waals surface area (Å²) in [4.78, 5) is 12.7. The van der Waals surface area contributed by atoms with Crippen LogP contribution in [0.3, 0.4) is 0 Å². The zero-order valence-electron chi connectivity index (χ0n) is 6.58. The molecule has 0 spiro atoms. The summed E-state index contributed by atoms with van der Waals surface area (Å²) < 4.78 is 39.9. The van der Waals surface area contributed by atoms with Gasteiger partial charge in [-0.15, -0.1) is 0 Å². The first-order valence-corrected chi connectivity index (χ1v) is 3.09. The molecule has 0 radical (unpaired) electrons. The molecule has 0 aliphatic carbocycles. The number of methoxy groups -OCH3 is 1. The van der Waals surface area contributed by atoms with E-state index in [1.54, 1.807) is 0 Å². The van der Waals surface area contributed by atoms with E-state index in [0.717, 1.165) is 7.11 Å². The number of alkyl halides is 3. The van der Waals surface area contributed by atoms with Crippen molar-refractivity contribution in [1.82, 2.24) is 0 Å². The summed E-state index contributed by atoms with van der Waals surface area (Å²) in [5.74, 6) is -3.84. The summed E-state index contributed by atoms with van der Waals surface area (Å²) in [7, 11) is 0.831. The molecule has 0 aliphatic heterocycles. The van der Waals surface area contributed by atoms with E-state index in [1.165, 1.54) is 0 Å². The number of carbonyl (C=O) groups is 1. The summed E-state index contributed by atoms with van der Waals surface area (Å²) in [6.45, 7) is -0.979. The number of halogens is 3. The molecular weight excluding hydrogens is 191 g/mol. The van der Waals surface area contributed by atoms with Gasteiger partial charge in [-0.05, 0) is 5.53 Å². The minimum atomic E-state index is -4.75. The van der Waals surface area contributed by atoms with Crippen molar-refractivity contribution in [3.63, 3.8) is 0 Å². The molecule has 0 aliphatic rings. The lowest BCUT2D eigenvalue weighted by Crippen LogP contribution is -2.33. The molecule has 0 amide bonds. The summed E-state index contributed by atoms with van der Waals surface area (Å²) in [6.07, 6.45) is -4.75. The third kappa shape index (κ3) is 3.66. The average molecular weight is 197 g/mol. The maximum Gasteiger partial charge on any atom is 0.402 e. The standard InChI is InChI=1S/C5H6F3N3O2/c1-13-4(12)3(2-10-11-9)5(6,7)8/h3H,2H2,1H3. The summed E-state index contributed by atoms with van der Waals surface area (Å²) in [5, 5.41) is 2.67. The van der Waals surface area contributed by atoms with Crippen molar-refractivity contribution in [3.05, 3.63) is 10.4 Å². The first kappa shape index (κ1) is 11.6. The Morgan fingerprint density at radius 2 is 2.23 bits per heavy atom. The lowest BCUT2D eigenvalue weighted by atomic mass is 10.1. The van der Waals surface area contributed by atoms with Crippen LogP contribution in [0.4, 0.5) is 13.2 Å². The van der Waals surface area contributed by atoms with E-state index in [1.807, 2.05) is 0 Å². The highest BCUT2D eigenvalue weighted by molar-refractivity contribution is 5.73. The minimum Gasteiger partial charge on any atom is -0.469 e. The van der Waals surface area contributed by atoms with Gasteiger partial charge in [-0.3, -0.25) is 4.79 Å². The quantitative estimate of drug-likeness (QED) is 0.298. The van der Waals surface area contributed by atoms with E-state index in [9.17, 15) is 18.0 Å². The lowest BCUT2D eigenvalue weighted by Gasteiger charge is -2.14. The Balaban J connectivity index is 4.55. The van der Waals surface area contributed by atoms with Gasteiger partial charge in [-0.25, -0.2) is 0 Å². The first-order valence-electron chi connectivity index (χ1n) is 3.09. The highest BCUT2D eigenvalue weighted by Crippen LogP contribution is 2.27. The van der Waals surface area contributed by atoms with Crippen molar-refractivity contribution in [2.75, 3.05) is 13.7 Å². The topological polar surface area (TPSA) is 75.1 Å². The fourth-order valence-corrected chi connectivity index (χ4v) is 0.572. The largest absolute Gasteiger partial charge is 0.469 e. The van der Waals surface area contributed by atoms with Crippen LogP contribution in [-0.2, 0) is 9.53 Å². The third-order valence-corrected chi connectivity index (χ3v) is 1.21. The zero-order chi connectivity index (χ0) is 10.5. The van der Waals surface area contributed by atoms with Crippen molar-refractivity contribution < 1.29 is 22.7 Å². The van der Waals surface area contributed by atoms with Crippen LogP contribution >= 0.6 is 0 Å². The highest BCUT2D eigenvalue weighted by atomic mass is 19.4. The van der Waals surface area contributed by atoms with Gasteiger partial charge in [0.1, 0.15) is 0 Å². The van der Waals surface area contributed by atoms with Gasteiger partial charge < -0.3 is 4.74 Å². The molecule has 13 heavy (non-hydrogen) atoms. The molecular formula is C5H6F3N3O2. The van der Waals surface area contributed by atoms with Crippen molar-refractivity contribution in [2.45, 2.75) is 6.18 Å². The number of ether oxygens (including phenoxy) is 1. The van der Waals surface area contributed by atoms with Gasteiger partial charge in [0.25, 0.3) is 0 Å². The van der Waals surface area contributed by atoms with Crippen molar-refractivity contribution in [2.24, 2.45) is 11.0 Å². The van der Waals surface area contributed by atoms with Gasteiger partial charge in [0.05, 0.1) is 7.11 Å². The lowest BCUT2D eigenvalue weighted by molar-refractivity contribution is -0.193. The van der Waals surface area contributed by atoms with Crippen LogP contribution < -0.4 is 0 Å². The van der Waals surface area contributed by atoms with E-state index in [4.69, 9.17) is 5.53 Å². The average Bonchev–Trinajstić information content (AvgIpc) is 2.02. The number of hydrogen-bond donors (Lipinski definition) is 0. The van der Waals surface area contributed by atoms with E-state index in [0.29, 0.717) is 0 Å². The molecule has 0 aromatic heterocycles. The Hall–Kier alpha value is -1.43. The van der Waals surface area contributed by atoms with Crippen LogP contribution in [0.15, 0.2) is 5.11 Å². The number of carbonyl (C=O) groups excluding carboxylic acids is 1. The fraction of sp³-hybridized carbons (Fsp3) is 0.800. The minimum absolute atomic E-state index is 0.831. The molecule has 0 saturated carbocycles. The highest BCUT2D eigenvalue weighted by Gasteiger charge is 2.45. The molecule has 0 heterocycles. The van der Waals surface area contributed by atoms with Gasteiger partial charge in [0.2, 0.25) is 0 Å². The number of hydrogen-bond acceptors (Lipinski definition) is 3. The third-order valence-electron chi connectivity index (χ3n) is 1.21. The zero-order valence-corrected chi connectivity index (χ0v) is 6.58. The molecule has 5 nitrogen and oxygen atoms in total. The van der Waals surface area contributed by atoms with Crippen molar-refractivity contribution in [1.29, 1.82) is 0 Å². The Morgan fingerprint density at radius 1 is 1.69 bits per heavy atom. The van der Waals surface area contributed by atoms with Crippen LogP contribution in [-0.4, -0.2) is 25.8 Å². The fourth-order valence-electron chi connectivity index (χ4n) is 0.572. The summed E-state index contributed by atoms with van der Waals surface area (Å²) in [5.41, 5.74) is 7.77. The number of nitrogens with zero attached hydrogens (tertiary/aromatic N) is 3. The van der Waals surface area contributed by atoms with Gasteiger partial charge in [-0.1, -0.05) is 5.11 Å². The Kier molecular flexibility index (Phi) is 4.06. The molecule has 0 bridgehead atoms. The van der Waals surface area contributed by atoms with Crippen LogP contribution in [0, 0.1) is 5.92 Å². The van der Waals surface area contributed by atoms with Gasteiger partial charge in [-0.2, -0.15) is 13.2 Å². The second-order valence-electron chi connectivity index (χ2n) is 2.03. The Bertz CT molecular complexity index is 234. The summed E-state index contributed by atoms with van der Waals surface area (Å²) >= 11 is 0. The molecule has 0 rings (SSSR count). The van der Waals surface area contributed by atoms with E-state index in [2.05, 4.69) is 14.8 Å². The van der Waals surface area contributed by atoms with Crippen molar-refractivity contribution >= 4 is 5.97 Å². The predicted octanol–water partition coefficient (Wildman–Crippen LogP) is 1.65. The molecule has 0 fully saturated rings. The van der Waals surface area contributed by atoms with Crippen LogP contribution in [0.25, 0.3) is 10.4 Å². The van der Waals surface area contributed by atoms with Gasteiger partial charge >= 0.3 is 12.1 Å². The molecule has 1 unspecified atom stereocenters. The number of azide groups is 1. The normalized spacial score (nSPS) is 12.9. The molecule has 0 aromatic rings.